The smallest absolute Gasteiger partial charge is 0.229 e. The molecule has 1 aromatic carbocycles. The van der Waals surface area contributed by atoms with Crippen molar-refractivity contribution in [3.8, 4) is 0 Å². The lowest BCUT2D eigenvalue weighted by Crippen LogP contribution is -2.15. The molecule has 0 bridgehead atoms. The molecular weight excluding hydrogens is 304 g/mol. The zero-order chi connectivity index (χ0) is 16.9. The number of pyridine rings is 1. The van der Waals surface area contributed by atoms with Crippen molar-refractivity contribution in [2.45, 2.75) is 20.3 Å². The van der Waals surface area contributed by atoms with Crippen LogP contribution in [0, 0.1) is 13.8 Å². The largest absolute Gasteiger partial charge is 0.360 e. The summed E-state index contributed by atoms with van der Waals surface area (Å²) in [6.45, 7) is 3.83. The van der Waals surface area contributed by atoms with E-state index in [-0.39, 0.29) is 5.91 Å². The van der Waals surface area contributed by atoms with Gasteiger partial charge in [0, 0.05) is 6.07 Å². The van der Waals surface area contributed by atoms with Gasteiger partial charge in [-0.05, 0) is 31.5 Å². The molecule has 0 radical (unpaired) electrons. The number of benzene rings is 1. The molecule has 0 atom stereocenters. The predicted octanol–water partition coefficient (Wildman–Crippen LogP) is 3.61. The summed E-state index contributed by atoms with van der Waals surface area (Å²) in [6.07, 6.45) is 1.95. The van der Waals surface area contributed by atoms with Crippen LogP contribution in [0.15, 0.2) is 53.2 Å². The lowest BCUT2D eigenvalue weighted by molar-refractivity contribution is -0.115. The van der Waals surface area contributed by atoms with E-state index in [1.165, 1.54) is 0 Å². The van der Waals surface area contributed by atoms with Crippen LogP contribution < -0.4 is 10.6 Å². The number of carbonyl (C=O) groups is 1. The summed E-state index contributed by atoms with van der Waals surface area (Å²) in [5.41, 5.74) is 2.88. The van der Waals surface area contributed by atoms with E-state index in [1.807, 2.05) is 44.2 Å². The summed E-state index contributed by atoms with van der Waals surface area (Å²) in [4.78, 5) is 16.3. The maximum absolute atomic E-state index is 12.1. The first-order valence-electron chi connectivity index (χ1n) is 7.60. The lowest BCUT2D eigenvalue weighted by atomic mass is 10.1. The Morgan fingerprint density at radius 3 is 2.67 bits per heavy atom. The van der Waals surface area contributed by atoms with Crippen LogP contribution in [-0.2, 0) is 11.2 Å². The van der Waals surface area contributed by atoms with Crippen LogP contribution in [-0.4, -0.2) is 16.0 Å². The third-order valence-electron chi connectivity index (χ3n) is 3.38. The van der Waals surface area contributed by atoms with Crippen molar-refractivity contribution in [2.24, 2.45) is 0 Å². The molecule has 6 nitrogen and oxygen atoms in total. The van der Waals surface area contributed by atoms with E-state index in [0.717, 1.165) is 22.6 Å². The first kappa shape index (κ1) is 15.7. The standard InChI is InChI=1S/C18H18N4O2/c1-12-4-3-5-14(8-12)10-18(23)21-16-7-6-15(11-19-16)20-17-9-13(2)24-22-17/h3-9,11H,10H2,1-2H3,(H,20,22)(H,19,21,23). The normalized spacial score (nSPS) is 10.4. The molecule has 0 aliphatic rings. The first-order chi connectivity index (χ1) is 11.6. The lowest BCUT2D eigenvalue weighted by Gasteiger charge is -2.06. The summed E-state index contributed by atoms with van der Waals surface area (Å²) in [6, 6.07) is 13.2. The minimum Gasteiger partial charge on any atom is -0.360 e. The van der Waals surface area contributed by atoms with Crippen molar-refractivity contribution in [3.05, 3.63) is 65.5 Å². The van der Waals surface area contributed by atoms with E-state index >= 15 is 0 Å². The fourth-order valence-electron chi connectivity index (χ4n) is 2.31. The molecule has 0 aliphatic carbocycles. The summed E-state index contributed by atoms with van der Waals surface area (Å²) in [7, 11) is 0. The van der Waals surface area contributed by atoms with Gasteiger partial charge < -0.3 is 15.2 Å². The van der Waals surface area contributed by atoms with E-state index < -0.39 is 0 Å². The van der Waals surface area contributed by atoms with Gasteiger partial charge in [-0.15, -0.1) is 0 Å². The highest BCUT2D eigenvalue weighted by Gasteiger charge is 2.06. The molecule has 3 rings (SSSR count). The average Bonchev–Trinajstić information content (AvgIpc) is 2.94. The zero-order valence-corrected chi connectivity index (χ0v) is 13.5. The Kier molecular flexibility index (Phi) is 4.56. The number of nitrogens with zero attached hydrogens (tertiary/aromatic N) is 2. The third kappa shape index (κ3) is 4.19. The number of carbonyl (C=O) groups excluding carboxylic acids is 1. The molecule has 0 saturated carbocycles. The van der Waals surface area contributed by atoms with Crippen LogP contribution in [0.1, 0.15) is 16.9 Å². The number of aromatic nitrogens is 2. The monoisotopic (exact) mass is 322 g/mol. The van der Waals surface area contributed by atoms with Crippen molar-refractivity contribution in [1.82, 2.24) is 10.1 Å². The van der Waals surface area contributed by atoms with Crippen molar-refractivity contribution < 1.29 is 9.32 Å². The second kappa shape index (κ2) is 6.95. The number of nitrogens with one attached hydrogen (secondary N) is 2. The van der Waals surface area contributed by atoms with Gasteiger partial charge in [0.25, 0.3) is 0 Å². The zero-order valence-electron chi connectivity index (χ0n) is 13.5. The van der Waals surface area contributed by atoms with Crippen LogP contribution in [0.3, 0.4) is 0 Å². The highest BCUT2D eigenvalue weighted by atomic mass is 16.5. The molecule has 0 fully saturated rings. The minimum absolute atomic E-state index is 0.0964. The molecule has 122 valence electrons. The Morgan fingerprint density at radius 1 is 1.12 bits per heavy atom. The predicted molar refractivity (Wildman–Crippen MR) is 92.3 cm³/mol. The summed E-state index contributed by atoms with van der Waals surface area (Å²) < 4.78 is 4.99. The minimum atomic E-state index is -0.0964. The van der Waals surface area contributed by atoms with E-state index in [0.29, 0.717) is 18.1 Å². The van der Waals surface area contributed by atoms with Crippen LogP contribution >= 0.6 is 0 Å². The Balaban J connectivity index is 1.58. The molecule has 0 unspecified atom stereocenters. The van der Waals surface area contributed by atoms with Gasteiger partial charge in [0.05, 0.1) is 18.3 Å². The van der Waals surface area contributed by atoms with E-state index in [2.05, 4.69) is 20.8 Å². The fourth-order valence-corrected chi connectivity index (χ4v) is 2.31. The van der Waals surface area contributed by atoms with Gasteiger partial charge in [-0.25, -0.2) is 4.98 Å². The van der Waals surface area contributed by atoms with Gasteiger partial charge in [0.2, 0.25) is 5.91 Å². The number of aryl methyl sites for hydroxylation is 2. The van der Waals surface area contributed by atoms with Crippen molar-refractivity contribution in [2.75, 3.05) is 10.6 Å². The highest BCUT2D eigenvalue weighted by molar-refractivity contribution is 5.91. The van der Waals surface area contributed by atoms with Crippen LogP contribution in [0.4, 0.5) is 17.3 Å². The molecule has 1 amide bonds. The molecule has 2 heterocycles. The molecule has 0 spiro atoms. The Hall–Kier alpha value is -3.15. The molecule has 2 N–H and O–H groups in total. The van der Waals surface area contributed by atoms with Crippen molar-refractivity contribution in [1.29, 1.82) is 0 Å². The quantitative estimate of drug-likeness (QED) is 0.750. The summed E-state index contributed by atoms with van der Waals surface area (Å²) in [5, 5.41) is 9.72. The van der Waals surface area contributed by atoms with Gasteiger partial charge in [0.1, 0.15) is 11.6 Å². The van der Waals surface area contributed by atoms with E-state index in [9.17, 15) is 4.79 Å². The second-order valence-electron chi connectivity index (χ2n) is 5.59. The van der Waals surface area contributed by atoms with Crippen LogP contribution in [0.25, 0.3) is 0 Å². The SMILES string of the molecule is Cc1cccc(CC(=O)Nc2ccc(Nc3cc(C)on3)cn2)c1. The van der Waals surface area contributed by atoms with Gasteiger partial charge in [-0.2, -0.15) is 0 Å². The number of rotatable bonds is 5. The summed E-state index contributed by atoms with van der Waals surface area (Å²) in [5.74, 6) is 1.76. The molecule has 0 aliphatic heterocycles. The topological polar surface area (TPSA) is 80.0 Å². The molecule has 2 aromatic heterocycles. The maximum Gasteiger partial charge on any atom is 0.229 e. The molecule has 24 heavy (non-hydrogen) atoms. The molecule has 3 aromatic rings. The maximum atomic E-state index is 12.1. The van der Waals surface area contributed by atoms with Gasteiger partial charge in [-0.1, -0.05) is 35.0 Å². The Bertz CT molecular complexity index is 840. The van der Waals surface area contributed by atoms with Crippen molar-refractivity contribution >= 4 is 23.2 Å². The fraction of sp³-hybridized carbons (Fsp3) is 0.167. The third-order valence-corrected chi connectivity index (χ3v) is 3.38. The number of amides is 1. The number of hydrogen-bond acceptors (Lipinski definition) is 5. The first-order valence-corrected chi connectivity index (χ1v) is 7.60. The highest BCUT2D eigenvalue weighted by Crippen LogP contribution is 2.17. The van der Waals surface area contributed by atoms with E-state index in [4.69, 9.17) is 4.52 Å². The van der Waals surface area contributed by atoms with Gasteiger partial charge >= 0.3 is 0 Å². The molecule has 0 saturated heterocycles. The molecular formula is C18H18N4O2. The Labute approximate surface area is 139 Å². The summed E-state index contributed by atoms with van der Waals surface area (Å²) >= 11 is 0. The molecule has 6 heteroatoms. The average molecular weight is 322 g/mol. The second-order valence-corrected chi connectivity index (χ2v) is 5.59. The van der Waals surface area contributed by atoms with Gasteiger partial charge in [-0.3, -0.25) is 4.79 Å². The van der Waals surface area contributed by atoms with E-state index in [1.54, 1.807) is 18.3 Å². The van der Waals surface area contributed by atoms with Crippen LogP contribution in [0.5, 0.6) is 0 Å². The van der Waals surface area contributed by atoms with Crippen LogP contribution in [0.2, 0.25) is 0 Å². The Morgan fingerprint density at radius 2 is 2.00 bits per heavy atom. The van der Waals surface area contributed by atoms with Crippen molar-refractivity contribution in [3.63, 3.8) is 0 Å². The number of hydrogen-bond donors (Lipinski definition) is 2. The van der Waals surface area contributed by atoms with Gasteiger partial charge in [0.15, 0.2) is 5.82 Å². The number of anilines is 3.